The number of hydrogen-bond donors (Lipinski definition) is 0. The minimum atomic E-state index is 0.0954. The zero-order valence-electron chi connectivity index (χ0n) is 18.7. The van der Waals surface area contributed by atoms with Crippen LogP contribution in [0.15, 0.2) is 36.7 Å². The number of benzene rings is 1. The van der Waals surface area contributed by atoms with Gasteiger partial charge in [0.05, 0.1) is 12.3 Å². The van der Waals surface area contributed by atoms with Crippen LogP contribution in [0.1, 0.15) is 41.6 Å². The zero-order valence-corrected chi connectivity index (χ0v) is 18.7. The van der Waals surface area contributed by atoms with Crippen LogP contribution in [0.4, 0.5) is 0 Å². The van der Waals surface area contributed by atoms with E-state index >= 15 is 0 Å². The smallest absolute Gasteiger partial charge is 0.254 e. The maximum atomic E-state index is 13.1. The van der Waals surface area contributed by atoms with Gasteiger partial charge in [-0.25, -0.2) is 0 Å². The van der Waals surface area contributed by atoms with Gasteiger partial charge in [-0.3, -0.25) is 14.4 Å². The van der Waals surface area contributed by atoms with E-state index in [9.17, 15) is 4.79 Å². The molecule has 2 aliphatic heterocycles. The Morgan fingerprint density at radius 1 is 1.19 bits per heavy atom. The van der Waals surface area contributed by atoms with E-state index in [-0.39, 0.29) is 12.0 Å². The lowest BCUT2D eigenvalue weighted by atomic mass is 9.89. The average Bonchev–Trinajstić information content (AvgIpc) is 3.20. The van der Waals surface area contributed by atoms with Crippen LogP contribution in [0.2, 0.25) is 0 Å². The second kappa shape index (κ2) is 10.3. The lowest BCUT2D eigenvalue weighted by Gasteiger charge is -2.38. The Morgan fingerprint density at radius 2 is 2.10 bits per heavy atom. The summed E-state index contributed by atoms with van der Waals surface area (Å²) in [4.78, 5) is 17.6. The molecule has 2 aliphatic rings. The van der Waals surface area contributed by atoms with Crippen molar-refractivity contribution >= 4 is 5.91 Å². The minimum absolute atomic E-state index is 0.0954. The van der Waals surface area contributed by atoms with Crippen LogP contribution in [-0.2, 0) is 18.3 Å². The number of nitrogens with zero attached hydrogens (tertiary/aromatic N) is 4. The van der Waals surface area contributed by atoms with Gasteiger partial charge in [0.1, 0.15) is 12.4 Å². The lowest BCUT2D eigenvalue weighted by Crippen LogP contribution is -2.46. The third-order valence-corrected chi connectivity index (χ3v) is 6.48. The summed E-state index contributed by atoms with van der Waals surface area (Å²) in [6.45, 7) is 4.83. The predicted octanol–water partition coefficient (Wildman–Crippen LogP) is 2.96. The quantitative estimate of drug-likeness (QED) is 0.755. The molecule has 2 aromatic rings. The summed E-state index contributed by atoms with van der Waals surface area (Å²) < 4.78 is 13.6. The van der Waals surface area contributed by atoms with E-state index in [1.54, 1.807) is 7.11 Å². The topological polar surface area (TPSA) is 59.8 Å². The molecular weight excluding hydrogens is 392 g/mol. The van der Waals surface area contributed by atoms with Crippen LogP contribution in [-0.4, -0.2) is 71.5 Å². The monoisotopic (exact) mass is 426 g/mol. The van der Waals surface area contributed by atoms with Gasteiger partial charge in [-0.15, -0.1) is 0 Å². The van der Waals surface area contributed by atoms with E-state index in [0.29, 0.717) is 18.1 Å². The number of methoxy groups -OCH3 is 1. The second-order valence-electron chi connectivity index (χ2n) is 8.74. The standard InChI is InChI=1S/C24H34N4O3/c1-26-16-19(15-25-26)17-27-10-4-3-6-21-18-28(11-9-23(21)30-2)24(29)20-7-5-8-22(14-20)31-13-12-27/h5,7-8,14-16,21,23H,3-4,6,9-13,17-18H2,1-2H3/t21-,23+/m1/s1. The molecular formula is C24H34N4O3. The molecule has 3 heterocycles. The fourth-order valence-electron chi connectivity index (χ4n) is 4.80. The fraction of sp³-hybridized carbons (Fsp3) is 0.583. The molecule has 2 atom stereocenters. The molecule has 0 unspecified atom stereocenters. The van der Waals surface area contributed by atoms with Crippen LogP contribution < -0.4 is 4.74 Å². The number of hydrogen-bond acceptors (Lipinski definition) is 5. The molecule has 168 valence electrons. The third-order valence-electron chi connectivity index (χ3n) is 6.48. The molecule has 0 radical (unpaired) electrons. The summed E-state index contributed by atoms with van der Waals surface area (Å²) in [6.07, 6.45) is 8.48. The summed E-state index contributed by atoms with van der Waals surface area (Å²) >= 11 is 0. The van der Waals surface area contributed by atoms with Crippen molar-refractivity contribution < 1.29 is 14.3 Å². The number of amides is 1. The molecule has 1 amide bonds. The van der Waals surface area contributed by atoms with Gasteiger partial charge in [0.25, 0.3) is 5.91 Å². The first-order chi connectivity index (χ1) is 15.1. The maximum absolute atomic E-state index is 13.1. The number of fused-ring (bicyclic) bond motifs is 4. The third kappa shape index (κ3) is 5.66. The molecule has 1 aromatic carbocycles. The van der Waals surface area contributed by atoms with E-state index in [4.69, 9.17) is 9.47 Å². The first kappa shape index (κ1) is 21.8. The highest BCUT2D eigenvalue weighted by Gasteiger charge is 2.31. The molecule has 0 saturated carbocycles. The van der Waals surface area contributed by atoms with Crippen molar-refractivity contribution in [1.29, 1.82) is 0 Å². The molecule has 7 heteroatoms. The molecule has 1 saturated heterocycles. The van der Waals surface area contributed by atoms with E-state index in [1.807, 2.05) is 47.1 Å². The van der Waals surface area contributed by atoms with Gasteiger partial charge in [-0.05, 0) is 44.0 Å². The van der Waals surface area contributed by atoms with Gasteiger partial charge >= 0.3 is 0 Å². The molecule has 0 spiro atoms. The first-order valence-corrected chi connectivity index (χ1v) is 11.4. The average molecular weight is 427 g/mol. The van der Waals surface area contributed by atoms with Crippen LogP contribution in [0.3, 0.4) is 0 Å². The van der Waals surface area contributed by atoms with E-state index < -0.39 is 0 Å². The molecule has 1 aromatic heterocycles. The van der Waals surface area contributed by atoms with E-state index in [2.05, 4.69) is 16.2 Å². The molecule has 0 aliphatic carbocycles. The number of aryl methyl sites for hydroxylation is 1. The number of carbonyl (C=O) groups is 1. The molecule has 4 rings (SSSR count). The van der Waals surface area contributed by atoms with Crippen molar-refractivity contribution in [3.05, 3.63) is 47.8 Å². The highest BCUT2D eigenvalue weighted by atomic mass is 16.5. The van der Waals surface area contributed by atoms with Gasteiger partial charge in [0, 0.05) is 63.6 Å². The number of ether oxygens (including phenoxy) is 2. The highest BCUT2D eigenvalue weighted by molar-refractivity contribution is 5.94. The van der Waals surface area contributed by atoms with Crippen LogP contribution >= 0.6 is 0 Å². The minimum Gasteiger partial charge on any atom is -0.492 e. The van der Waals surface area contributed by atoms with Crippen molar-refractivity contribution in [3.63, 3.8) is 0 Å². The van der Waals surface area contributed by atoms with Crippen molar-refractivity contribution in [1.82, 2.24) is 19.6 Å². The van der Waals surface area contributed by atoms with E-state index in [0.717, 1.165) is 64.2 Å². The zero-order chi connectivity index (χ0) is 21.6. The van der Waals surface area contributed by atoms with Gasteiger partial charge < -0.3 is 14.4 Å². The Bertz CT molecular complexity index is 868. The number of rotatable bonds is 3. The lowest BCUT2D eigenvalue weighted by molar-refractivity contribution is -0.00676. The largest absolute Gasteiger partial charge is 0.492 e. The Labute approximate surface area is 184 Å². The fourth-order valence-corrected chi connectivity index (χ4v) is 4.80. The Balaban J connectivity index is 1.50. The molecule has 4 bridgehead atoms. The second-order valence-corrected chi connectivity index (χ2v) is 8.74. The first-order valence-electron chi connectivity index (χ1n) is 11.4. The summed E-state index contributed by atoms with van der Waals surface area (Å²) in [5.41, 5.74) is 1.92. The van der Waals surface area contributed by atoms with E-state index in [1.165, 1.54) is 5.56 Å². The van der Waals surface area contributed by atoms with Crippen molar-refractivity contribution in [2.24, 2.45) is 13.0 Å². The number of aromatic nitrogens is 2. The molecule has 31 heavy (non-hydrogen) atoms. The van der Waals surface area contributed by atoms with Gasteiger partial charge in [0.2, 0.25) is 0 Å². The SMILES string of the molecule is CO[C@H]1CCN2C[C@H]1CCCCN(Cc1cnn(C)c1)CCOc1cccc(c1)C2=O. The van der Waals surface area contributed by atoms with Crippen molar-refractivity contribution in [3.8, 4) is 5.75 Å². The Kier molecular flexibility index (Phi) is 7.25. The van der Waals surface area contributed by atoms with Crippen LogP contribution in [0, 0.1) is 5.92 Å². The molecule has 7 nitrogen and oxygen atoms in total. The van der Waals surface area contributed by atoms with Gasteiger partial charge in [-0.2, -0.15) is 5.10 Å². The Morgan fingerprint density at radius 3 is 2.90 bits per heavy atom. The summed E-state index contributed by atoms with van der Waals surface area (Å²) in [6, 6.07) is 7.61. The molecule has 1 fully saturated rings. The summed E-state index contributed by atoms with van der Waals surface area (Å²) in [5, 5.41) is 4.30. The van der Waals surface area contributed by atoms with Crippen LogP contribution in [0.5, 0.6) is 5.75 Å². The number of piperidine rings is 1. The van der Waals surface area contributed by atoms with Crippen molar-refractivity contribution in [2.75, 3.05) is 39.9 Å². The summed E-state index contributed by atoms with van der Waals surface area (Å²) in [7, 11) is 3.75. The summed E-state index contributed by atoms with van der Waals surface area (Å²) in [5.74, 6) is 1.24. The highest BCUT2D eigenvalue weighted by Crippen LogP contribution is 2.27. The van der Waals surface area contributed by atoms with Crippen molar-refractivity contribution in [2.45, 2.75) is 38.3 Å². The number of carbonyl (C=O) groups excluding carboxylic acids is 1. The van der Waals surface area contributed by atoms with Gasteiger partial charge in [0.15, 0.2) is 0 Å². The Hall–Kier alpha value is -2.38. The maximum Gasteiger partial charge on any atom is 0.254 e. The normalized spacial score (nSPS) is 23.7. The predicted molar refractivity (Wildman–Crippen MR) is 119 cm³/mol. The van der Waals surface area contributed by atoms with Crippen LogP contribution in [0.25, 0.3) is 0 Å². The van der Waals surface area contributed by atoms with Gasteiger partial charge in [-0.1, -0.05) is 12.5 Å². The molecule has 0 N–H and O–H groups in total.